The number of carbonyl (C=O) groups is 1. The molecule has 7 heteroatoms. The third-order valence-corrected chi connectivity index (χ3v) is 4.48. The van der Waals surface area contributed by atoms with E-state index in [9.17, 15) is 4.79 Å². The monoisotopic (exact) mass is 342 g/mol. The first-order valence-electron chi connectivity index (χ1n) is 8.06. The summed E-state index contributed by atoms with van der Waals surface area (Å²) in [7, 11) is 1.85. The van der Waals surface area contributed by atoms with E-state index in [2.05, 4.69) is 15.3 Å². The summed E-state index contributed by atoms with van der Waals surface area (Å²) >= 11 is 6.32. The van der Waals surface area contributed by atoms with Crippen LogP contribution in [-0.2, 0) is 18.3 Å². The number of amides is 1. The first-order chi connectivity index (χ1) is 10.7. The van der Waals surface area contributed by atoms with Crippen molar-refractivity contribution >= 4 is 17.7 Å². The summed E-state index contributed by atoms with van der Waals surface area (Å²) < 4.78 is 6.99. The van der Waals surface area contributed by atoms with Crippen LogP contribution in [0.4, 0.5) is 4.79 Å². The van der Waals surface area contributed by atoms with Crippen molar-refractivity contribution in [3.8, 4) is 0 Å². The molecule has 0 saturated carbocycles. The topological polar surface area (TPSA) is 59.4 Å². The average molecular weight is 343 g/mol. The Morgan fingerprint density at radius 2 is 2.17 bits per heavy atom. The lowest BCUT2D eigenvalue weighted by molar-refractivity contribution is 0.0512. The number of nitrogens with one attached hydrogen (secondary N) is 1. The second kappa shape index (κ2) is 7.09. The van der Waals surface area contributed by atoms with Gasteiger partial charge in [0.25, 0.3) is 0 Å². The predicted molar refractivity (Wildman–Crippen MR) is 90.6 cm³/mol. The molecule has 0 bridgehead atoms. The molecule has 1 aliphatic heterocycles. The first-order valence-corrected chi connectivity index (χ1v) is 8.44. The molecule has 0 spiro atoms. The second-order valence-electron chi connectivity index (χ2n) is 7.13. The molecule has 0 aromatic carbocycles. The molecule has 1 saturated heterocycles. The summed E-state index contributed by atoms with van der Waals surface area (Å²) in [5, 5.41) is 7.92. The van der Waals surface area contributed by atoms with Crippen molar-refractivity contribution in [2.45, 2.75) is 58.7 Å². The quantitative estimate of drug-likeness (QED) is 0.914. The van der Waals surface area contributed by atoms with Gasteiger partial charge < -0.3 is 10.1 Å². The molecule has 1 atom stereocenters. The van der Waals surface area contributed by atoms with E-state index in [0.29, 0.717) is 17.7 Å². The Kier molecular flexibility index (Phi) is 5.57. The Morgan fingerprint density at radius 1 is 1.48 bits per heavy atom. The van der Waals surface area contributed by atoms with E-state index in [0.717, 1.165) is 37.2 Å². The summed E-state index contributed by atoms with van der Waals surface area (Å²) in [6.45, 7) is 9.92. The van der Waals surface area contributed by atoms with Gasteiger partial charge >= 0.3 is 6.09 Å². The number of hydrogen-bond acceptors (Lipinski definition) is 4. The Morgan fingerprint density at radius 3 is 2.74 bits per heavy atom. The van der Waals surface area contributed by atoms with Crippen LogP contribution in [0.1, 0.15) is 44.9 Å². The van der Waals surface area contributed by atoms with Gasteiger partial charge in [0.1, 0.15) is 10.8 Å². The fourth-order valence-electron chi connectivity index (χ4n) is 2.91. The van der Waals surface area contributed by atoms with Crippen molar-refractivity contribution in [3.63, 3.8) is 0 Å². The van der Waals surface area contributed by atoms with Crippen LogP contribution in [0.25, 0.3) is 0 Å². The molecule has 2 rings (SSSR count). The molecule has 1 amide bonds. The van der Waals surface area contributed by atoms with Crippen LogP contribution in [0.2, 0.25) is 5.15 Å². The molecule has 1 aromatic heterocycles. The van der Waals surface area contributed by atoms with Crippen LogP contribution in [0.3, 0.4) is 0 Å². The van der Waals surface area contributed by atoms with Crippen LogP contribution in [0, 0.1) is 6.92 Å². The van der Waals surface area contributed by atoms with E-state index in [1.807, 2.05) is 34.7 Å². The standard InChI is InChI=1S/C16H27ClN4O2/c1-11-13(14(17)20(5)19-11)10-21-8-6-7-12(21)9-18-15(22)23-16(2,3)4/h12H,6-10H2,1-5H3,(H,18,22). The number of ether oxygens (including phenoxy) is 1. The highest BCUT2D eigenvalue weighted by Crippen LogP contribution is 2.25. The van der Waals surface area contributed by atoms with Crippen LogP contribution >= 0.6 is 11.6 Å². The van der Waals surface area contributed by atoms with Gasteiger partial charge in [-0.2, -0.15) is 5.10 Å². The SMILES string of the molecule is Cc1nn(C)c(Cl)c1CN1CCCC1CNC(=O)OC(C)(C)C. The minimum atomic E-state index is -0.472. The Labute approximate surface area is 143 Å². The summed E-state index contributed by atoms with van der Waals surface area (Å²) in [5.41, 5.74) is 1.56. The number of nitrogens with zero attached hydrogens (tertiary/aromatic N) is 3. The maximum absolute atomic E-state index is 11.8. The van der Waals surface area contributed by atoms with Crippen LogP contribution < -0.4 is 5.32 Å². The number of alkyl carbamates (subject to hydrolysis) is 1. The van der Waals surface area contributed by atoms with Crippen LogP contribution in [0.15, 0.2) is 0 Å². The van der Waals surface area contributed by atoms with E-state index in [-0.39, 0.29) is 6.09 Å². The second-order valence-corrected chi connectivity index (χ2v) is 7.49. The molecule has 1 N–H and O–H groups in total. The molecule has 2 heterocycles. The third kappa shape index (κ3) is 4.85. The zero-order chi connectivity index (χ0) is 17.2. The van der Waals surface area contributed by atoms with Crippen molar-refractivity contribution in [2.24, 2.45) is 7.05 Å². The largest absolute Gasteiger partial charge is 0.444 e. The van der Waals surface area contributed by atoms with Gasteiger partial charge in [-0.1, -0.05) is 11.6 Å². The predicted octanol–water partition coefficient (Wildman–Crippen LogP) is 2.87. The normalized spacial score (nSPS) is 19.1. The van der Waals surface area contributed by atoms with E-state index >= 15 is 0 Å². The molecule has 1 aromatic rings. The number of halogens is 1. The molecule has 0 aliphatic carbocycles. The molecule has 23 heavy (non-hydrogen) atoms. The average Bonchev–Trinajstić information content (AvgIpc) is 2.95. The summed E-state index contributed by atoms with van der Waals surface area (Å²) in [6.07, 6.45) is 1.82. The summed E-state index contributed by atoms with van der Waals surface area (Å²) in [5.74, 6) is 0. The molecular formula is C16H27ClN4O2. The number of aryl methyl sites for hydroxylation is 2. The van der Waals surface area contributed by atoms with Crippen LogP contribution in [0.5, 0.6) is 0 Å². The van der Waals surface area contributed by atoms with Crippen molar-refractivity contribution in [1.29, 1.82) is 0 Å². The number of hydrogen-bond donors (Lipinski definition) is 1. The summed E-state index contributed by atoms with van der Waals surface area (Å²) in [4.78, 5) is 14.2. The Hall–Kier alpha value is -1.27. The maximum atomic E-state index is 11.8. The number of carbonyl (C=O) groups excluding carboxylic acids is 1. The molecule has 1 fully saturated rings. The van der Waals surface area contributed by atoms with E-state index in [1.54, 1.807) is 4.68 Å². The zero-order valence-corrected chi connectivity index (χ0v) is 15.4. The minimum Gasteiger partial charge on any atom is -0.444 e. The first kappa shape index (κ1) is 18.1. The van der Waals surface area contributed by atoms with E-state index in [4.69, 9.17) is 16.3 Å². The van der Waals surface area contributed by atoms with Gasteiger partial charge in [0, 0.05) is 31.7 Å². The lowest BCUT2D eigenvalue weighted by Gasteiger charge is -2.26. The zero-order valence-electron chi connectivity index (χ0n) is 14.6. The van der Waals surface area contributed by atoms with Crippen molar-refractivity contribution in [1.82, 2.24) is 20.0 Å². The number of aromatic nitrogens is 2. The lowest BCUT2D eigenvalue weighted by atomic mass is 10.2. The maximum Gasteiger partial charge on any atom is 0.407 e. The number of rotatable bonds is 4. The van der Waals surface area contributed by atoms with Gasteiger partial charge in [-0.15, -0.1) is 0 Å². The fraction of sp³-hybridized carbons (Fsp3) is 0.750. The molecule has 0 radical (unpaired) electrons. The molecular weight excluding hydrogens is 316 g/mol. The van der Waals surface area contributed by atoms with Gasteiger partial charge in [-0.05, 0) is 47.1 Å². The van der Waals surface area contributed by atoms with Gasteiger partial charge in [0.2, 0.25) is 0 Å². The summed E-state index contributed by atoms with van der Waals surface area (Å²) in [6, 6.07) is 0.304. The van der Waals surface area contributed by atoms with E-state index < -0.39 is 5.60 Å². The molecule has 1 aliphatic rings. The highest BCUT2D eigenvalue weighted by atomic mass is 35.5. The van der Waals surface area contributed by atoms with Crippen molar-refractivity contribution < 1.29 is 9.53 Å². The van der Waals surface area contributed by atoms with Crippen molar-refractivity contribution in [3.05, 3.63) is 16.4 Å². The molecule has 6 nitrogen and oxygen atoms in total. The lowest BCUT2D eigenvalue weighted by Crippen LogP contribution is -2.41. The van der Waals surface area contributed by atoms with Crippen LogP contribution in [-0.4, -0.2) is 45.5 Å². The highest BCUT2D eigenvalue weighted by molar-refractivity contribution is 6.30. The molecule has 130 valence electrons. The Bertz CT molecular complexity index is 565. The Balaban J connectivity index is 1.92. The highest BCUT2D eigenvalue weighted by Gasteiger charge is 2.27. The minimum absolute atomic E-state index is 0.304. The van der Waals surface area contributed by atoms with Gasteiger partial charge in [0.15, 0.2) is 0 Å². The van der Waals surface area contributed by atoms with E-state index in [1.165, 1.54) is 0 Å². The smallest absolute Gasteiger partial charge is 0.407 e. The molecule has 1 unspecified atom stereocenters. The van der Waals surface area contributed by atoms with Gasteiger partial charge in [-0.3, -0.25) is 9.58 Å². The van der Waals surface area contributed by atoms with Crippen molar-refractivity contribution in [2.75, 3.05) is 13.1 Å². The van der Waals surface area contributed by atoms with Gasteiger partial charge in [0.05, 0.1) is 5.69 Å². The van der Waals surface area contributed by atoms with Gasteiger partial charge in [-0.25, -0.2) is 4.79 Å². The fourth-order valence-corrected chi connectivity index (χ4v) is 3.14. The number of likely N-dealkylation sites (tertiary alicyclic amines) is 1. The third-order valence-electron chi connectivity index (χ3n) is 4.01.